The SMILES string of the molecule is COC(=O)c1ccc(OC(=O)c2ccccc2C)cc1. The van der Waals surface area contributed by atoms with Crippen molar-refractivity contribution >= 4 is 11.9 Å². The van der Waals surface area contributed by atoms with E-state index in [9.17, 15) is 9.59 Å². The van der Waals surface area contributed by atoms with E-state index in [0.29, 0.717) is 16.9 Å². The van der Waals surface area contributed by atoms with Gasteiger partial charge in [-0.1, -0.05) is 18.2 Å². The van der Waals surface area contributed by atoms with Crippen LogP contribution in [0.2, 0.25) is 0 Å². The maximum absolute atomic E-state index is 12.0. The molecule has 0 aromatic heterocycles. The van der Waals surface area contributed by atoms with E-state index in [1.165, 1.54) is 7.11 Å². The maximum atomic E-state index is 12.0. The van der Waals surface area contributed by atoms with E-state index in [0.717, 1.165) is 5.56 Å². The fourth-order valence-electron chi connectivity index (χ4n) is 1.74. The summed E-state index contributed by atoms with van der Waals surface area (Å²) in [6.07, 6.45) is 0. The quantitative estimate of drug-likeness (QED) is 0.635. The minimum atomic E-state index is -0.429. The van der Waals surface area contributed by atoms with E-state index < -0.39 is 11.9 Å². The highest BCUT2D eigenvalue weighted by molar-refractivity contribution is 5.93. The Kier molecular flexibility index (Phi) is 4.15. The smallest absolute Gasteiger partial charge is 0.343 e. The summed E-state index contributed by atoms with van der Waals surface area (Å²) in [5.41, 5.74) is 1.77. The first-order valence-corrected chi connectivity index (χ1v) is 6.08. The average Bonchev–Trinajstić information content (AvgIpc) is 2.47. The van der Waals surface area contributed by atoms with E-state index >= 15 is 0 Å². The van der Waals surface area contributed by atoms with Gasteiger partial charge in [-0.2, -0.15) is 0 Å². The topological polar surface area (TPSA) is 52.6 Å². The van der Waals surface area contributed by atoms with Crippen LogP contribution in [0.4, 0.5) is 0 Å². The Hall–Kier alpha value is -2.62. The predicted octanol–water partition coefficient (Wildman–Crippen LogP) is 3.00. The fraction of sp³-hybridized carbons (Fsp3) is 0.125. The molecule has 0 heterocycles. The van der Waals surface area contributed by atoms with E-state index in [-0.39, 0.29) is 0 Å². The molecule has 0 amide bonds. The van der Waals surface area contributed by atoms with Gasteiger partial charge in [0.25, 0.3) is 0 Å². The summed E-state index contributed by atoms with van der Waals surface area (Å²) < 4.78 is 9.85. The van der Waals surface area contributed by atoms with Crippen molar-refractivity contribution in [1.29, 1.82) is 0 Å². The number of aryl methyl sites for hydroxylation is 1. The molecule has 0 radical (unpaired) electrons. The molecule has 0 saturated heterocycles. The van der Waals surface area contributed by atoms with Gasteiger partial charge in [-0.05, 0) is 42.8 Å². The van der Waals surface area contributed by atoms with Gasteiger partial charge >= 0.3 is 11.9 Å². The second-order valence-electron chi connectivity index (χ2n) is 4.22. The number of rotatable bonds is 3. The number of carbonyl (C=O) groups excluding carboxylic acids is 2. The van der Waals surface area contributed by atoms with Crippen molar-refractivity contribution in [3.63, 3.8) is 0 Å². The van der Waals surface area contributed by atoms with Crippen LogP contribution in [0.3, 0.4) is 0 Å². The minimum Gasteiger partial charge on any atom is -0.465 e. The van der Waals surface area contributed by atoms with Crippen LogP contribution in [0.15, 0.2) is 48.5 Å². The van der Waals surface area contributed by atoms with Crippen molar-refractivity contribution in [3.05, 3.63) is 65.2 Å². The van der Waals surface area contributed by atoms with Gasteiger partial charge < -0.3 is 9.47 Å². The van der Waals surface area contributed by atoms with Crippen molar-refractivity contribution in [3.8, 4) is 5.75 Å². The van der Waals surface area contributed by atoms with Gasteiger partial charge in [0.2, 0.25) is 0 Å². The molecule has 0 fully saturated rings. The Morgan fingerprint density at radius 1 is 0.900 bits per heavy atom. The molecule has 0 aliphatic carbocycles. The summed E-state index contributed by atoms with van der Waals surface area (Å²) in [5.74, 6) is -0.471. The summed E-state index contributed by atoms with van der Waals surface area (Å²) in [6.45, 7) is 1.84. The van der Waals surface area contributed by atoms with E-state index in [4.69, 9.17) is 4.74 Å². The lowest BCUT2D eigenvalue weighted by Gasteiger charge is -2.07. The molecule has 4 heteroatoms. The molecule has 102 valence electrons. The monoisotopic (exact) mass is 270 g/mol. The predicted molar refractivity (Wildman–Crippen MR) is 73.9 cm³/mol. The molecule has 0 bridgehead atoms. The summed E-state index contributed by atoms with van der Waals surface area (Å²) in [4.78, 5) is 23.3. The van der Waals surface area contributed by atoms with Crippen LogP contribution in [0, 0.1) is 6.92 Å². The molecule has 0 atom stereocenters. The summed E-state index contributed by atoms with van der Waals surface area (Å²) >= 11 is 0. The Morgan fingerprint density at radius 2 is 1.55 bits per heavy atom. The van der Waals surface area contributed by atoms with Gasteiger partial charge in [0.1, 0.15) is 5.75 Å². The third-order valence-corrected chi connectivity index (χ3v) is 2.85. The molecule has 0 unspecified atom stereocenters. The van der Waals surface area contributed by atoms with Gasteiger partial charge in [-0.3, -0.25) is 0 Å². The molecule has 0 N–H and O–H groups in total. The van der Waals surface area contributed by atoms with Gasteiger partial charge in [0.05, 0.1) is 18.2 Å². The molecule has 2 rings (SSSR count). The lowest BCUT2D eigenvalue weighted by molar-refractivity contribution is 0.0600. The Bertz CT molecular complexity index is 629. The third kappa shape index (κ3) is 3.03. The van der Waals surface area contributed by atoms with Crippen LogP contribution in [0.5, 0.6) is 5.75 Å². The zero-order valence-electron chi connectivity index (χ0n) is 11.3. The molecule has 0 saturated carbocycles. The number of carbonyl (C=O) groups is 2. The number of methoxy groups -OCH3 is 1. The first kappa shape index (κ1) is 13.8. The fourth-order valence-corrected chi connectivity index (χ4v) is 1.74. The highest BCUT2D eigenvalue weighted by Crippen LogP contribution is 2.16. The van der Waals surface area contributed by atoms with Crippen molar-refractivity contribution in [2.45, 2.75) is 6.92 Å². The molecule has 20 heavy (non-hydrogen) atoms. The first-order valence-electron chi connectivity index (χ1n) is 6.08. The minimum absolute atomic E-state index is 0.380. The zero-order chi connectivity index (χ0) is 14.5. The molecule has 2 aromatic carbocycles. The third-order valence-electron chi connectivity index (χ3n) is 2.85. The lowest BCUT2D eigenvalue weighted by Crippen LogP contribution is -2.10. The number of hydrogen-bond acceptors (Lipinski definition) is 4. The Balaban J connectivity index is 2.13. The second-order valence-corrected chi connectivity index (χ2v) is 4.22. The van der Waals surface area contributed by atoms with Crippen molar-refractivity contribution in [2.75, 3.05) is 7.11 Å². The number of esters is 2. The van der Waals surface area contributed by atoms with Gasteiger partial charge in [-0.25, -0.2) is 9.59 Å². The molecule has 0 spiro atoms. The van der Waals surface area contributed by atoms with Crippen LogP contribution in [0.25, 0.3) is 0 Å². The summed E-state index contributed by atoms with van der Waals surface area (Å²) in [6, 6.07) is 13.4. The standard InChI is InChI=1S/C16H14O4/c1-11-5-3-4-6-14(11)16(18)20-13-9-7-12(8-10-13)15(17)19-2/h3-10H,1-2H3. The molecule has 4 nitrogen and oxygen atoms in total. The zero-order valence-corrected chi connectivity index (χ0v) is 11.3. The molecule has 0 aliphatic heterocycles. The normalized spacial score (nSPS) is 9.90. The van der Waals surface area contributed by atoms with Crippen LogP contribution < -0.4 is 4.74 Å². The van der Waals surface area contributed by atoms with Gasteiger partial charge in [0, 0.05) is 0 Å². The first-order chi connectivity index (χ1) is 9.61. The summed E-state index contributed by atoms with van der Waals surface area (Å²) in [7, 11) is 1.31. The number of hydrogen-bond donors (Lipinski definition) is 0. The van der Waals surface area contributed by atoms with Crippen LogP contribution in [0.1, 0.15) is 26.3 Å². The van der Waals surface area contributed by atoms with Crippen molar-refractivity contribution in [2.24, 2.45) is 0 Å². The number of ether oxygens (including phenoxy) is 2. The second kappa shape index (κ2) is 6.02. The van der Waals surface area contributed by atoms with Crippen LogP contribution in [-0.4, -0.2) is 19.0 Å². The maximum Gasteiger partial charge on any atom is 0.343 e. The van der Waals surface area contributed by atoms with Gasteiger partial charge in [0.15, 0.2) is 0 Å². The Labute approximate surface area is 116 Å². The largest absolute Gasteiger partial charge is 0.465 e. The van der Waals surface area contributed by atoms with Crippen molar-refractivity contribution in [1.82, 2.24) is 0 Å². The molecule has 2 aromatic rings. The number of benzene rings is 2. The van der Waals surface area contributed by atoms with Crippen LogP contribution in [-0.2, 0) is 4.74 Å². The Morgan fingerprint density at radius 3 is 2.15 bits per heavy atom. The summed E-state index contributed by atoms with van der Waals surface area (Å²) in [5, 5.41) is 0. The van der Waals surface area contributed by atoms with E-state index in [2.05, 4.69) is 4.74 Å². The highest BCUT2D eigenvalue weighted by Gasteiger charge is 2.11. The molecular weight excluding hydrogens is 256 g/mol. The average molecular weight is 270 g/mol. The molecular formula is C16H14O4. The highest BCUT2D eigenvalue weighted by atomic mass is 16.5. The van der Waals surface area contributed by atoms with Crippen LogP contribution >= 0.6 is 0 Å². The van der Waals surface area contributed by atoms with E-state index in [1.54, 1.807) is 36.4 Å². The van der Waals surface area contributed by atoms with Crippen molar-refractivity contribution < 1.29 is 19.1 Å². The van der Waals surface area contributed by atoms with E-state index in [1.807, 2.05) is 19.1 Å². The van der Waals surface area contributed by atoms with Gasteiger partial charge in [-0.15, -0.1) is 0 Å². The molecule has 0 aliphatic rings. The lowest BCUT2D eigenvalue weighted by atomic mass is 10.1.